The van der Waals surface area contributed by atoms with Gasteiger partial charge in [-0.25, -0.2) is 8.78 Å². The molecule has 0 amide bonds. The van der Waals surface area contributed by atoms with E-state index in [0.29, 0.717) is 23.0 Å². The molecule has 19 heavy (non-hydrogen) atoms. The number of rotatable bonds is 4. The van der Waals surface area contributed by atoms with Crippen LogP contribution in [0.25, 0.3) is 0 Å². The summed E-state index contributed by atoms with van der Waals surface area (Å²) in [6.07, 6.45) is 0.333. The van der Waals surface area contributed by atoms with Crippen LogP contribution in [0.5, 0.6) is 11.5 Å². The van der Waals surface area contributed by atoms with Crippen molar-refractivity contribution in [1.29, 1.82) is 0 Å². The second-order valence-electron chi connectivity index (χ2n) is 3.93. The molecule has 2 aromatic carbocycles. The number of nitrogens with two attached hydrogens (primary N) is 1. The summed E-state index contributed by atoms with van der Waals surface area (Å²) in [5.41, 5.74) is 5.79. The molecule has 0 aliphatic carbocycles. The van der Waals surface area contributed by atoms with Gasteiger partial charge in [-0.3, -0.25) is 0 Å². The highest BCUT2D eigenvalue weighted by Crippen LogP contribution is 2.30. The molecule has 0 aliphatic heterocycles. The van der Waals surface area contributed by atoms with Crippen molar-refractivity contribution in [3.8, 4) is 11.5 Å². The SMILES string of the molecule is NCCc1c(F)cccc1Oc1ccc(Br)cc1F. The normalized spacial score (nSPS) is 10.5. The quantitative estimate of drug-likeness (QED) is 0.920. The van der Waals surface area contributed by atoms with Gasteiger partial charge in [0, 0.05) is 10.0 Å². The second kappa shape index (κ2) is 6.12. The van der Waals surface area contributed by atoms with Gasteiger partial charge in [-0.05, 0) is 43.3 Å². The summed E-state index contributed by atoms with van der Waals surface area (Å²) in [6, 6.07) is 8.86. The van der Waals surface area contributed by atoms with E-state index in [2.05, 4.69) is 15.9 Å². The molecule has 0 bridgehead atoms. The zero-order valence-electron chi connectivity index (χ0n) is 10.00. The van der Waals surface area contributed by atoms with Gasteiger partial charge in [-0.2, -0.15) is 0 Å². The first-order valence-electron chi connectivity index (χ1n) is 5.72. The van der Waals surface area contributed by atoms with Crippen LogP contribution >= 0.6 is 15.9 Å². The van der Waals surface area contributed by atoms with Crippen molar-refractivity contribution in [2.75, 3.05) is 6.54 Å². The zero-order valence-corrected chi connectivity index (χ0v) is 11.6. The monoisotopic (exact) mass is 327 g/mol. The predicted molar refractivity (Wildman–Crippen MR) is 73.3 cm³/mol. The van der Waals surface area contributed by atoms with E-state index in [0.717, 1.165) is 0 Å². The molecule has 0 saturated heterocycles. The Labute approximate surface area is 118 Å². The van der Waals surface area contributed by atoms with Crippen LogP contribution in [0.3, 0.4) is 0 Å². The van der Waals surface area contributed by atoms with Gasteiger partial charge >= 0.3 is 0 Å². The van der Waals surface area contributed by atoms with E-state index in [-0.39, 0.29) is 11.5 Å². The van der Waals surface area contributed by atoms with Crippen molar-refractivity contribution < 1.29 is 13.5 Å². The van der Waals surface area contributed by atoms with E-state index < -0.39 is 11.6 Å². The van der Waals surface area contributed by atoms with E-state index in [1.807, 2.05) is 0 Å². The van der Waals surface area contributed by atoms with E-state index in [1.54, 1.807) is 12.1 Å². The molecule has 0 fully saturated rings. The molecule has 0 atom stereocenters. The molecule has 2 aromatic rings. The minimum absolute atomic E-state index is 0.0482. The molecule has 100 valence electrons. The Kier molecular flexibility index (Phi) is 4.50. The Balaban J connectivity index is 2.35. The Hall–Kier alpha value is -1.46. The lowest BCUT2D eigenvalue weighted by molar-refractivity contribution is 0.432. The molecule has 2 nitrogen and oxygen atoms in total. The van der Waals surface area contributed by atoms with Gasteiger partial charge in [0.25, 0.3) is 0 Å². The fraction of sp³-hybridized carbons (Fsp3) is 0.143. The summed E-state index contributed by atoms with van der Waals surface area (Å²) in [7, 11) is 0. The Bertz CT molecular complexity index is 590. The maximum absolute atomic E-state index is 13.7. The summed E-state index contributed by atoms with van der Waals surface area (Å²) >= 11 is 3.16. The summed E-state index contributed by atoms with van der Waals surface area (Å²) in [6.45, 7) is 0.292. The maximum Gasteiger partial charge on any atom is 0.166 e. The van der Waals surface area contributed by atoms with Crippen LogP contribution in [0.4, 0.5) is 8.78 Å². The van der Waals surface area contributed by atoms with Crippen LogP contribution in [0.15, 0.2) is 40.9 Å². The van der Waals surface area contributed by atoms with Crippen molar-refractivity contribution in [2.24, 2.45) is 5.73 Å². The van der Waals surface area contributed by atoms with E-state index in [9.17, 15) is 8.78 Å². The van der Waals surface area contributed by atoms with Crippen molar-refractivity contribution >= 4 is 15.9 Å². The molecule has 2 N–H and O–H groups in total. The van der Waals surface area contributed by atoms with E-state index in [4.69, 9.17) is 10.5 Å². The fourth-order valence-corrected chi connectivity index (χ4v) is 2.03. The summed E-state index contributed by atoms with van der Waals surface area (Å²) < 4.78 is 33.4. The number of hydrogen-bond acceptors (Lipinski definition) is 2. The molecule has 2 rings (SSSR count). The lowest BCUT2D eigenvalue weighted by Crippen LogP contribution is -2.06. The smallest absolute Gasteiger partial charge is 0.166 e. The van der Waals surface area contributed by atoms with Crippen molar-refractivity contribution in [3.63, 3.8) is 0 Å². The highest BCUT2D eigenvalue weighted by atomic mass is 79.9. The van der Waals surface area contributed by atoms with Crippen LogP contribution < -0.4 is 10.5 Å². The predicted octanol–water partition coefficient (Wildman–Crippen LogP) is 4.02. The van der Waals surface area contributed by atoms with Gasteiger partial charge in [0.2, 0.25) is 0 Å². The number of benzene rings is 2. The molecular weight excluding hydrogens is 316 g/mol. The van der Waals surface area contributed by atoms with Crippen LogP contribution in [0.2, 0.25) is 0 Å². The van der Waals surface area contributed by atoms with Crippen molar-refractivity contribution in [3.05, 3.63) is 58.1 Å². The molecule has 0 spiro atoms. The topological polar surface area (TPSA) is 35.2 Å². The highest BCUT2D eigenvalue weighted by Gasteiger charge is 2.12. The first kappa shape index (κ1) is 14.0. The molecular formula is C14H12BrF2NO. The van der Waals surface area contributed by atoms with E-state index >= 15 is 0 Å². The molecule has 0 radical (unpaired) electrons. The third-order valence-electron chi connectivity index (χ3n) is 2.58. The summed E-state index contributed by atoms with van der Waals surface area (Å²) in [5.74, 6) is -0.587. The number of hydrogen-bond donors (Lipinski definition) is 1. The third-order valence-corrected chi connectivity index (χ3v) is 3.08. The number of halogens is 3. The van der Waals surface area contributed by atoms with Gasteiger partial charge in [0.15, 0.2) is 11.6 Å². The van der Waals surface area contributed by atoms with E-state index in [1.165, 1.54) is 24.3 Å². The van der Waals surface area contributed by atoms with Gasteiger partial charge in [0.1, 0.15) is 11.6 Å². The van der Waals surface area contributed by atoms with Gasteiger partial charge in [-0.15, -0.1) is 0 Å². The molecule has 0 unspecified atom stereocenters. The first-order valence-corrected chi connectivity index (χ1v) is 6.51. The lowest BCUT2D eigenvalue weighted by Gasteiger charge is -2.12. The average molecular weight is 328 g/mol. The van der Waals surface area contributed by atoms with Gasteiger partial charge < -0.3 is 10.5 Å². The number of ether oxygens (including phenoxy) is 1. The van der Waals surface area contributed by atoms with Crippen molar-refractivity contribution in [1.82, 2.24) is 0 Å². The second-order valence-corrected chi connectivity index (χ2v) is 4.85. The minimum Gasteiger partial charge on any atom is -0.454 e. The minimum atomic E-state index is -0.516. The first-order chi connectivity index (χ1) is 9.11. The van der Waals surface area contributed by atoms with Crippen LogP contribution in [-0.2, 0) is 6.42 Å². The maximum atomic E-state index is 13.7. The van der Waals surface area contributed by atoms with Gasteiger partial charge in [-0.1, -0.05) is 22.0 Å². The molecule has 0 aliphatic rings. The summed E-state index contributed by atoms with van der Waals surface area (Å²) in [4.78, 5) is 0. The summed E-state index contributed by atoms with van der Waals surface area (Å²) in [5, 5.41) is 0. The highest BCUT2D eigenvalue weighted by molar-refractivity contribution is 9.10. The Morgan fingerprint density at radius 2 is 1.84 bits per heavy atom. The standard InChI is InChI=1S/C14H12BrF2NO/c15-9-4-5-14(12(17)8-9)19-13-3-1-2-11(16)10(13)6-7-18/h1-5,8H,6-7,18H2. The molecule has 5 heteroatoms. The third kappa shape index (κ3) is 3.30. The zero-order chi connectivity index (χ0) is 13.8. The molecule has 0 heterocycles. The van der Waals surface area contributed by atoms with Crippen LogP contribution in [-0.4, -0.2) is 6.54 Å². The Morgan fingerprint density at radius 3 is 2.53 bits per heavy atom. The fourth-order valence-electron chi connectivity index (χ4n) is 1.70. The molecule has 0 aromatic heterocycles. The molecule has 0 saturated carbocycles. The largest absolute Gasteiger partial charge is 0.454 e. The van der Waals surface area contributed by atoms with Crippen molar-refractivity contribution in [2.45, 2.75) is 6.42 Å². The lowest BCUT2D eigenvalue weighted by atomic mass is 10.1. The Morgan fingerprint density at radius 1 is 1.05 bits per heavy atom. The average Bonchev–Trinajstić information content (AvgIpc) is 2.37. The van der Waals surface area contributed by atoms with Gasteiger partial charge in [0.05, 0.1) is 0 Å². The van der Waals surface area contributed by atoms with Crippen LogP contribution in [0, 0.1) is 11.6 Å². The van der Waals surface area contributed by atoms with Crippen LogP contribution in [0.1, 0.15) is 5.56 Å².